The summed E-state index contributed by atoms with van der Waals surface area (Å²) in [5.41, 5.74) is 0. The highest BCUT2D eigenvalue weighted by atomic mass is 16.5. The minimum atomic E-state index is -0.100. The predicted octanol–water partition coefficient (Wildman–Crippen LogP) is 0.393. The van der Waals surface area contributed by atoms with Crippen LogP contribution in [0, 0.1) is 5.92 Å². The van der Waals surface area contributed by atoms with Crippen molar-refractivity contribution < 1.29 is 14.6 Å². The number of carbonyl (C=O) groups is 1. The van der Waals surface area contributed by atoms with E-state index in [1.54, 1.807) is 11.9 Å². The Labute approximate surface area is 90.2 Å². The summed E-state index contributed by atoms with van der Waals surface area (Å²) in [6, 6.07) is -0.100. The summed E-state index contributed by atoms with van der Waals surface area (Å²) in [5.74, 6) is 0.159. The third-order valence-electron chi connectivity index (χ3n) is 3.70. The van der Waals surface area contributed by atoms with E-state index in [1.165, 1.54) is 0 Å². The lowest BCUT2D eigenvalue weighted by atomic mass is 9.88. The summed E-state index contributed by atoms with van der Waals surface area (Å²) in [5, 5.41) is 9.00. The van der Waals surface area contributed by atoms with Gasteiger partial charge in [0.2, 0.25) is 5.91 Å². The number of hydrogen-bond acceptors (Lipinski definition) is 3. The second-order valence-electron chi connectivity index (χ2n) is 4.70. The van der Waals surface area contributed by atoms with Crippen LogP contribution in [0.25, 0.3) is 0 Å². The molecule has 0 spiro atoms. The Morgan fingerprint density at radius 2 is 2.33 bits per heavy atom. The number of rotatable bonds is 3. The number of hydrogen-bond donors (Lipinski definition) is 1. The average Bonchev–Trinajstić information content (AvgIpc) is 2.87. The van der Waals surface area contributed by atoms with Crippen molar-refractivity contribution in [3.05, 3.63) is 0 Å². The molecule has 4 heteroatoms. The van der Waals surface area contributed by atoms with E-state index in [1.807, 2.05) is 6.92 Å². The molecule has 2 saturated heterocycles. The van der Waals surface area contributed by atoms with Gasteiger partial charge in [-0.25, -0.2) is 0 Å². The van der Waals surface area contributed by atoms with Gasteiger partial charge in [-0.3, -0.25) is 4.79 Å². The van der Waals surface area contributed by atoms with Gasteiger partial charge >= 0.3 is 0 Å². The minimum absolute atomic E-state index is 0.0178. The molecule has 15 heavy (non-hydrogen) atoms. The molecule has 1 N–H and O–H groups in total. The lowest BCUT2D eigenvalue weighted by Gasteiger charge is -2.28. The summed E-state index contributed by atoms with van der Waals surface area (Å²) < 4.78 is 5.66. The summed E-state index contributed by atoms with van der Waals surface area (Å²) >= 11 is 0. The maximum absolute atomic E-state index is 12.1. The van der Waals surface area contributed by atoms with Crippen LogP contribution in [0.3, 0.4) is 0 Å². The standard InChI is InChI=1S/C11H19NO3/c1-7(6-13)12(2)11(14)9-5-8-3-4-10(9)15-8/h7-10,13H,3-6H2,1-2H3. The van der Waals surface area contributed by atoms with E-state index in [4.69, 9.17) is 9.84 Å². The fraction of sp³-hybridized carbons (Fsp3) is 0.909. The van der Waals surface area contributed by atoms with E-state index in [2.05, 4.69) is 0 Å². The van der Waals surface area contributed by atoms with Crippen molar-refractivity contribution in [3.8, 4) is 0 Å². The Morgan fingerprint density at radius 3 is 2.80 bits per heavy atom. The molecule has 0 aromatic heterocycles. The molecule has 0 saturated carbocycles. The van der Waals surface area contributed by atoms with Gasteiger partial charge in [-0.15, -0.1) is 0 Å². The van der Waals surface area contributed by atoms with Crippen LogP contribution in [0.5, 0.6) is 0 Å². The van der Waals surface area contributed by atoms with E-state index in [9.17, 15) is 4.79 Å². The molecule has 0 aromatic carbocycles. The monoisotopic (exact) mass is 213 g/mol. The number of likely N-dealkylation sites (N-methyl/N-ethyl adjacent to an activating group) is 1. The molecule has 4 unspecified atom stereocenters. The molecule has 0 radical (unpaired) electrons. The third-order valence-corrected chi connectivity index (χ3v) is 3.70. The average molecular weight is 213 g/mol. The first-order chi connectivity index (χ1) is 7.13. The highest BCUT2D eigenvalue weighted by Gasteiger charge is 2.45. The quantitative estimate of drug-likeness (QED) is 0.738. The van der Waals surface area contributed by atoms with Gasteiger partial charge in [0.1, 0.15) is 0 Å². The van der Waals surface area contributed by atoms with Crippen molar-refractivity contribution in [1.29, 1.82) is 0 Å². The van der Waals surface area contributed by atoms with Gasteiger partial charge in [-0.05, 0) is 26.2 Å². The van der Waals surface area contributed by atoms with E-state index >= 15 is 0 Å². The second-order valence-corrected chi connectivity index (χ2v) is 4.70. The largest absolute Gasteiger partial charge is 0.394 e. The Morgan fingerprint density at radius 1 is 1.60 bits per heavy atom. The number of aliphatic hydroxyl groups is 1. The molecule has 2 aliphatic heterocycles. The number of amides is 1. The molecular formula is C11H19NO3. The summed E-state index contributed by atoms with van der Waals surface area (Å²) in [7, 11) is 1.76. The molecule has 2 rings (SSSR count). The van der Waals surface area contributed by atoms with Crippen LogP contribution in [0.1, 0.15) is 26.2 Å². The fourth-order valence-corrected chi connectivity index (χ4v) is 2.50. The molecule has 4 nitrogen and oxygen atoms in total. The highest BCUT2D eigenvalue weighted by Crippen LogP contribution is 2.39. The van der Waals surface area contributed by atoms with Crippen LogP contribution in [0.4, 0.5) is 0 Å². The second kappa shape index (κ2) is 4.10. The van der Waals surface area contributed by atoms with Crippen LogP contribution >= 0.6 is 0 Å². The zero-order chi connectivity index (χ0) is 11.0. The Bertz CT molecular complexity index is 256. The zero-order valence-corrected chi connectivity index (χ0v) is 9.35. The normalized spacial score (nSPS) is 35.5. The van der Waals surface area contributed by atoms with Gasteiger partial charge < -0.3 is 14.7 Å². The SMILES string of the molecule is CC(CO)N(C)C(=O)C1CC2CCC1O2. The third kappa shape index (κ3) is 1.88. The fourth-order valence-electron chi connectivity index (χ4n) is 2.50. The molecule has 0 aliphatic carbocycles. The molecule has 0 aromatic rings. The van der Waals surface area contributed by atoms with Crippen LogP contribution in [-0.2, 0) is 9.53 Å². The van der Waals surface area contributed by atoms with Crippen molar-refractivity contribution >= 4 is 5.91 Å². The molecule has 1 amide bonds. The van der Waals surface area contributed by atoms with Gasteiger partial charge in [-0.1, -0.05) is 0 Å². The number of ether oxygens (including phenoxy) is 1. The molecule has 2 aliphatic rings. The van der Waals surface area contributed by atoms with E-state index < -0.39 is 0 Å². The molecule has 2 fully saturated rings. The van der Waals surface area contributed by atoms with E-state index in [0.717, 1.165) is 19.3 Å². The van der Waals surface area contributed by atoms with Crippen LogP contribution < -0.4 is 0 Å². The summed E-state index contributed by atoms with van der Waals surface area (Å²) in [6.45, 7) is 1.87. The molecule has 2 heterocycles. The van der Waals surface area contributed by atoms with Crippen molar-refractivity contribution in [1.82, 2.24) is 4.90 Å². The van der Waals surface area contributed by atoms with Crippen LogP contribution in [0.2, 0.25) is 0 Å². The lowest BCUT2D eigenvalue weighted by molar-refractivity contribution is -0.138. The van der Waals surface area contributed by atoms with E-state index in [0.29, 0.717) is 6.10 Å². The molecule has 2 bridgehead atoms. The van der Waals surface area contributed by atoms with E-state index in [-0.39, 0.29) is 30.6 Å². The van der Waals surface area contributed by atoms with Crippen molar-refractivity contribution in [3.63, 3.8) is 0 Å². The van der Waals surface area contributed by atoms with Crippen molar-refractivity contribution in [2.45, 2.75) is 44.4 Å². The first-order valence-corrected chi connectivity index (χ1v) is 5.66. The predicted molar refractivity (Wildman–Crippen MR) is 55.3 cm³/mol. The van der Waals surface area contributed by atoms with Gasteiger partial charge in [0.15, 0.2) is 0 Å². The van der Waals surface area contributed by atoms with Crippen molar-refractivity contribution in [2.75, 3.05) is 13.7 Å². The Hall–Kier alpha value is -0.610. The molecule has 4 atom stereocenters. The maximum Gasteiger partial charge on any atom is 0.228 e. The molecule has 86 valence electrons. The first kappa shape index (κ1) is 10.9. The zero-order valence-electron chi connectivity index (χ0n) is 9.35. The van der Waals surface area contributed by atoms with Gasteiger partial charge in [0.25, 0.3) is 0 Å². The van der Waals surface area contributed by atoms with Crippen LogP contribution in [-0.4, -0.2) is 47.8 Å². The highest BCUT2D eigenvalue weighted by molar-refractivity contribution is 5.80. The lowest BCUT2D eigenvalue weighted by Crippen LogP contribution is -2.43. The van der Waals surface area contributed by atoms with Gasteiger partial charge in [-0.2, -0.15) is 0 Å². The number of nitrogens with zero attached hydrogens (tertiary/aromatic N) is 1. The van der Waals surface area contributed by atoms with Crippen molar-refractivity contribution in [2.24, 2.45) is 5.92 Å². The molecular weight excluding hydrogens is 194 g/mol. The first-order valence-electron chi connectivity index (χ1n) is 5.66. The smallest absolute Gasteiger partial charge is 0.228 e. The number of carbonyl (C=O) groups excluding carboxylic acids is 1. The number of fused-ring (bicyclic) bond motifs is 2. The van der Waals surface area contributed by atoms with Gasteiger partial charge in [0.05, 0.1) is 30.8 Å². The number of aliphatic hydroxyl groups excluding tert-OH is 1. The summed E-state index contributed by atoms with van der Waals surface area (Å²) in [6.07, 6.45) is 3.43. The Balaban J connectivity index is 1.96. The van der Waals surface area contributed by atoms with Crippen LogP contribution in [0.15, 0.2) is 0 Å². The topological polar surface area (TPSA) is 49.8 Å². The maximum atomic E-state index is 12.1. The van der Waals surface area contributed by atoms with Gasteiger partial charge in [0, 0.05) is 7.05 Å². The Kier molecular flexibility index (Phi) is 2.98. The minimum Gasteiger partial charge on any atom is -0.394 e. The summed E-state index contributed by atoms with van der Waals surface area (Å²) in [4.78, 5) is 13.7.